The highest BCUT2D eigenvalue weighted by atomic mass is 16.2. The fourth-order valence-electron chi connectivity index (χ4n) is 3.55. The molecule has 0 radical (unpaired) electrons. The van der Waals surface area contributed by atoms with Crippen molar-refractivity contribution in [1.82, 2.24) is 35.0 Å². The van der Waals surface area contributed by atoms with Gasteiger partial charge in [0.2, 0.25) is 0 Å². The Bertz CT molecular complexity index is 895. The lowest BCUT2D eigenvalue weighted by Crippen LogP contribution is -2.32. The molecule has 1 aliphatic rings. The predicted molar refractivity (Wildman–Crippen MR) is 105 cm³/mol. The van der Waals surface area contributed by atoms with Gasteiger partial charge in [0.25, 0.3) is 5.91 Å². The van der Waals surface area contributed by atoms with Crippen molar-refractivity contribution in [1.29, 1.82) is 0 Å². The fourth-order valence-corrected chi connectivity index (χ4v) is 3.55. The summed E-state index contributed by atoms with van der Waals surface area (Å²) < 4.78 is 3.59. The second kappa shape index (κ2) is 8.35. The summed E-state index contributed by atoms with van der Waals surface area (Å²) >= 11 is 0. The summed E-state index contributed by atoms with van der Waals surface area (Å²) in [5, 5.41) is 15.8. The highest BCUT2D eigenvalue weighted by Gasteiger charge is 2.18. The quantitative estimate of drug-likeness (QED) is 0.706. The van der Waals surface area contributed by atoms with Crippen LogP contribution in [0.15, 0.2) is 48.9 Å². The predicted octanol–water partition coefficient (Wildman–Crippen LogP) is 1.74. The lowest BCUT2D eigenvalue weighted by Gasteiger charge is -2.22. The molecule has 1 saturated heterocycles. The molecule has 3 heterocycles. The number of rotatable bonds is 6. The van der Waals surface area contributed by atoms with Crippen LogP contribution in [0.1, 0.15) is 28.9 Å². The summed E-state index contributed by atoms with van der Waals surface area (Å²) in [5.74, 6) is 0.425. The van der Waals surface area contributed by atoms with Gasteiger partial charge in [-0.05, 0) is 55.6 Å². The number of benzene rings is 1. The molecule has 1 amide bonds. The SMILES string of the molecule is CN(Cc1ccc(-n2cccn2)cc1)C(=O)c1cn(C[C@@H]2CCCNC2)nn1. The van der Waals surface area contributed by atoms with Gasteiger partial charge in [0, 0.05) is 32.5 Å². The molecule has 146 valence electrons. The van der Waals surface area contributed by atoms with Crippen LogP contribution in [-0.2, 0) is 13.1 Å². The summed E-state index contributed by atoms with van der Waals surface area (Å²) in [6, 6.07) is 9.89. The first-order chi connectivity index (χ1) is 13.7. The highest BCUT2D eigenvalue weighted by molar-refractivity contribution is 5.91. The zero-order valence-electron chi connectivity index (χ0n) is 16.0. The van der Waals surface area contributed by atoms with Gasteiger partial charge < -0.3 is 10.2 Å². The van der Waals surface area contributed by atoms with Crippen LogP contribution >= 0.6 is 0 Å². The van der Waals surface area contributed by atoms with Crippen molar-refractivity contribution < 1.29 is 4.79 Å². The average Bonchev–Trinajstić information content (AvgIpc) is 3.41. The molecule has 4 rings (SSSR count). The van der Waals surface area contributed by atoms with Crippen molar-refractivity contribution >= 4 is 5.91 Å². The molecule has 3 aromatic rings. The van der Waals surface area contributed by atoms with E-state index in [9.17, 15) is 4.79 Å². The van der Waals surface area contributed by atoms with Crippen molar-refractivity contribution in [2.24, 2.45) is 5.92 Å². The van der Waals surface area contributed by atoms with Crippen LogP contribution in [0.2, 0.25) is 0 Å². The second-order valence-electron chi connectivity index (χ2n) is 7.32. The number of nitrogens with zero attached hydrogens (tertiary/aromatic N) is 6. The topological polar surface area (TPSA) is 80.9 Å². The Hall–Kier alpha value is -3.00. The smallest absolute Gasteiger partial charge is 0.276 e. The van der Waals surface area contributed by atoms with Crippen LogP contribution in [0, 0.1) is 5.92 Å². The Morgan fingerprint density at radius 3 is 2.89 bits per heavy atom. The van der Waals surface area contributed by atoms with Gasteiger partial charge in [0.1, 0.15) is 0 Å². The molecule has 0 unspecified atom stereocenters. The van der Waals surface area contributed by atoms with Crippen LogP contribution < -0.4 is 5.32 Å². The Morgan fingerprint density at radius 2 is 2.18 bits per heavy atom. The number of piperidine rings is 1. The summed E-state index contributed by atoms with van der Waals surface area (Å²) in [4.78, 5) is 14.4. The van der Waals surface area contributed by atoms with Crippen LogP contribution in [0.4, 0.5) is 0 Å². The van der Waals surface area contributed by atoms with Gasteiger partial charge in [-0.3, -0.25) is 9.48 Å². The van der Waals surface area contributed by atoms with Gasteiger partial charge in [-0.2, -0.15) is 5.10 Å². The van der Waals surface area contributed by atoms with E-state index >= 15 is 0 Å². The van der Waals surface area contributed by atoms with E-state index in [-0.39, 0.29) is 5.91 Å². The van der Waals surface area contributed by atoms with E-state index in [1.165, 1.54) is 12.8 Å². The van der Waals surface area contributed by atoms with Crippen LogP contribution in [0.3, 0.4) is 0 Å². The maximum absolute atomic E-state index is 12.7. The van der Waals surface area contributed by atoms with E-state index in [0.29, 0.717) is 18.2 Å². The maximum Gasteiger partial charge on any atom is 0.276 e. The molecule has 1 fully saturated rings. The van der Waals surface area contributed by atoms with Crippen LogP contribution in [0.25, 0.3) is 5.69 Å². The Balaban J connectivity index is 1.35. The molecule has 0 saturated carbocycles. The maximum atomic E-state index is 12.7. The van der Waals surface area contributed by atoms with Gasteiger partial charge in [0.05, 0.1) is 11.9 Å². The number of nitrogens with one attached hydrogen (secondary N) is 1. The number of amides is 1. The largest absolute Gasteiger partial charge is 0.336 e. The average molecular weight is 379 g/mol. The molecule has 28 heavy (non-hydrogen) atoms. The van der Waals surface area contributed by atoms with Crippen molar-refractivity contribution in [2.75, 3.05) is 20.1 Å². The van der Waals surface area contributed by atoms with E-state index in [4.69, 9.17) is 0 Å². The first-order valence-electron chi connectivity index (χ1n) is 9.64. The number of aromatic nitrogens is 5. The minimum atomic E-state index is -0.121. The van der Waals surface area contributed by atoms with Crippen molar-refractivity contribution in [3.05, 3.63) is 60.2 Å². The molecule has 1 aliphatic heterocycles. The third-order valence-corrected chi connectivity index (χ3v) is 5.07. The standard InChI is InChI=1S/C20H25N7O/c1-25(13-16-5-7-18(8-6-16)27-11-3-10-22-27)20(28)19-15-26(24-23-19)14-17-4-2-9-21-12-17/h3,5-8,10-11,15,17,21H,2,4,9,12-14H2,1H3/t17-/m1/s1. The molecular formula is C20H25N7O. The molecular weight excluding hydrogens is 354 g/mol. The number of hydrogen-bond donors (Lipinski definition) is 1. The number of carbonyl (C=O) groups excluding carboxylic acids is 1. The van der Waals surface area contributed by atoms with E-state index in [2.05, 4.69) is 20.7 Å². The van der Waals surface area contributed by atoms with Gasteiger partial charge in [-0.15, -0.1) is 5.10 Å². The summed E-state index contributed by atoms with van der Waals surface area (Å²) in [6.45, 7) is 3.40. The normalized spacial score (nSPS) is 16.8. The minimum Gasteiger partial charge on any atom is -0.336 e. The number of carbonyl (C=O) groups is 1. The molecule has 8 nitrogen and oxygen atoms in total. The van der Waals surface area contributed by atoms with Gasteiger partial charge in [-0.25, -0.2) is 4.68 Å². The van der Waals surface area contributed by atoms with Crippen molar-refractivity contribution in [3.8, 4) is 5.69 Å². The molecule has 8 heteroatoms. The molecule has 0 aliphatic carbocycles. The lowest BCUT2D eigenvalue weighted by molar-refractivity contribution is 0.0779. The summed E-state index contributed by atoms with van der Waals surface area (Å²) in [7, 11) is 1.79. The van der Waals surface area contributed by atoms with Gasteiger partial charge >= 0.3 is 0 Å². The second-order valence-corrected chi connectivity index (χ2v) is 7.32. The van der Waals surface area contributed by atoms with E-state index in [1.807, 2.05) is 36.5 Å². The lowest BCUT2D eigenvalue weighted by atomic mass is 10.00. The third kappa shape index (κ3) is 4.28. The highest BCUT2D eigenvalue weighted by Crippen LogP contribution is 2.14. The Kier molecular flexibility index (Phi) is 5.48. The van der Waals surface area contributed by atoms with E-state index in [1.54, 1.807) is 33.7 Å². The molecule has 2 aromatic heterocycles. The summed E-state index contributed by atoms with van der Waals surface area (Å²) in [6.07, 6.45) is 7.78. The monoisotopic (exact) mass is 379 g/mol. The van der Waals surface area contributed by atoms with E-state index in [0.717, 1.165) is 30.9 Å². The molecule has 1 atom stereocenters. The molecule has 0 bridgehead atoms. The zero-order valence-corrected chi connectivity index (χ0v) is 16.0. The molecule has 0 spiro atoms. The fraction of sp³-hybridized carbons (Fsp3) is 0.400. The number of hydrogen-bond acceptors (Lipinski definition) is 5. The molecule has 1 N–H and O–H groups in total. The Morgan fingerprint density at radius 1 is 1.32 bits per heavy atom. The summed E-state index contributed by atoms with van der Waals surface area (Å²) in [5.41, 5.74) is 2.43. The minimum absolute atomic E-state index is 0.121. The zero-order chi connectivity index (χ0) is 19.3. The van der Waals surface area contributed by atoms with Crippen molar-refractivity contribution in [3.63, 3.8) is 0 Å². The molecule has 1 aromatic carbocycles. The van der Waals surface area contributed by atoms with Crippen LogP contribution in [-0.4, -0.2) is 55.7 Å². The van der Waals surface area contributed by atoms with Crippen molar-refractivity contribution in [2.45, 2.75) is 25.9 Å². The first-order valence-corrected chi connectivity index (χ1v) is 9.64. The van der Waals surface area contributed by atoms with E-state index < -0.39 is 0 Å². The van der Waals surface area contributed by atoms with Crippen LogP contribution in [0.5, 0.6) is 0 Å². The van der Waals surface area contributed by atoms with Gasteiger partial charge in [0.15, 0.2) is 5.69 Å². The first kappa shape index (κ1) is 18.4. The third-order valence-electron chi connectivity index (χ3n) is 5.07. The Labute approximate surface area is 164 Å². The van der Waals surface area contributed by atoms with Gasteiger partial charge in [-0.1, -0.05) is 17.3 Å².